The molecule has 1 aromatic carbocycles. The Morgan fingerprint density at radius 3 is 2.86 bits per heavy atom. The fourth-order valence-corrected chi connectivity index (χ4v) is 2.92. The van der Waals surface area contributed by atoms with Crippen LogP contribution < -0.4 is 10.5 Å². The van der Waals surface area contributed by atoms with Gasteiger partial charge in [-0.15, -0.1) is 0 Å². The molecule has 2 aromatic rings. The van der Waals surface area contributed by atoms with Crippen molar-refractivity contribution in [2.45, 2.75) is 4.90 Å². The van der Waals surface area contributed by atoms with Crippen LogP contribution >= 0.6 is 15.9 Å². The average molecular weight is 378 g/mol. The molecule has 112 valence electrons. The normalized spacial score (nSPS) is 12.4. The van der Waals surface area contributed by atoms with Gasteiger partial charge in [0.1, 0.15) is 16.5 Å². The van der Waals surface area contributed by atoms with Crippen LogP contribution in [0.3, 0.4) is 0 Å². The van der Waals surface area contributed by atoms with Crippen molar-refractivity contribution >= 4 is 37.6 Å². The molecule has 0 radical (unpaired) electrons. The number of H-pyrrole nitrogens is 1. The summed E-state index contributed by atoms with van der Waals surface area (Å²) < 4.78 is 40.5. The third kappa shape index (κ3) is 3.13. The van der Waals surface area contributed by atoms with Crippen molar-refractivity contribution in [1.29, 1.82) is 0 Å². The largest absolute Gasteiger partial charge is 0.409 e. The number of aromatic nitrogens is 2. The van der Waals surface area contributed by atoms with Gasteiger partial charge in [0.2, 0.25) is 0 Å². The molecule has 0 unspecified atom stereocenters. The minimum Gasteiger partial charge on any atom is -0.409 e. The lowest BCUT2D eigenvalue weighted by Gasteiger charge is -2.08. The van der Waals surface area contributed by atoms with Crippen LogP contribution in [0.25, 0.3) is 0 Å². The fraction of sp³-hybridized carbons (Fsp3) is 0. The highest BCUT2D eigenvalue weighted by Gasteiger charge is 2.22. The van der Waals surface area contributed by atoms with E-state index in [0.717, 1.165) is 18.3 Å². The van der Waals surface area contributed by atoms with E-state index in [1.54, 1.807) is 0 Å². The van der Waals surface area contributed by atoms with E-state index in [4.69, 9.17) is 10.9 Å². The molecule has 0 saturated heterocycles. The van der Waals surface area contributed by atoms with Crippen molar-refractivity contribution in [3.05, 3.63) is 40.2 Å². The summed E-state index contributed by atoms with van der Waals surface area (Å²) >= 11 is 3.03. The lowest BCUT2D eigenvalue weighted by Crippen LogP contribution is -2.19. The number of nitrogens with zero attached hydrogens (tertiary/aromatic N) is 2. The second-order valence-corrected chi connectivity index (χ2v) is 6.39. The predicted molar refractivity (Wildman–Crippen MR) is 76.0 cm³/mol. The maximum Gasteiger partial charge on any atom is 0.265 e. The van der Waals surface area contributed by atoms with Gasteiger partial charge in [-0.05, 0) is 18.2 Å². The summed E-state index contributed by atoms with van der Waals surface area (Å²) in [5.41, 5.74) is 5.40. The third-order valence-electron chi connectivity index (χ3n) is 2.44. The van der Waals surface area contributed by atoms with Crippen LogP contribution in [-0.4, -0.2) is 29.7 Å². The first-order chi connectivity index (χ1) is 9.85. The van der Waals surface area contributed by atoms with E-state index in [1.807, 2.05) is 0 Å². The number of nitrogens with one attached hydrogen (secondary N) is 2. The summed E-state index contributed by atoms with van der Waals surface area (Å²) in [6.07, 6.45) is 1.16. The van der Waals surface area contributed by atoms with Crippen molar-refractivity contribution in [1.82, 2.24) is 10.2 Å². The van der Waals surface area contributed by atoms with Crippen LogP contribution in [0.4, 0.5) is 10.2 Å². The van der Waals surface area contributed by atoms with Crippen LogP contribution in [0.15, 0.2) is 38.9 Å². The molecule has 21 heavy (non-hydrogen) atoms. The van der Waals surface area contributed by atoms with Gasteiger partial charge in [-0.25, -0.2) is 12.8 Å². The first-order valence-electron chi connectivity index (χ1n) is 5.34. The van der Waals surface area contributed by atoms with Crippen LogP contribution in [0, 0.1) is 5.82 Å². The number of hydrogen-bond acceptors (Lipinski definition) is 5. The second kappa shape index (κ2) is 5.69. The number of oxime groups is 1. The molecule has 0 atom stereocenters. The Kier molecular flexibility index (Phi) is 4.14. The molecule has 8 nitrogen and oxygen atoms in total. The summed E-state index contributed by atoms with van der Waals surface area (Å²) in [6.45, 7) is 0. The van der Waals surface area contributed by atoms with Gasteiger partial charge in [-0.1, -0.05) is 21.1 Å². The maximum atomic E-state index is 13.7. The van der Waals surface area contributed by atoms with Crippen molar-refractivity contribution in [2.24, 2.45) is 10.9 Å². The number of anilines is 1. The molecular formula is C10H9BrFN5O3S. The zero-order valence-electron chi connectivity index (χ0n) is 10.2. The van der Waals surface area contributed by atoms with E-state index >= 15 is 0 Å². The number of hydrogen-bond donors (Lipinski definition) is 4. The number of sulfonamides is 1. The molecule has 0 spiro atoms. The molecule has 1 heterocycles. The Balaban J connectivity index is 2.41. The predicted octanol–water partition coefficient (Wildman–Crippen LogP) is 1.21. The van der Waals surface area contributed by atoms with Crippen LogP contribution in [0.2, 0.25) is 0 Å². The van der Waals surface area contributed by atoms with Gasteiger partial charge in [-0.3, -0.25) is 9.82 Å². The van der Waals surface area contributed by atoms with Crippen molar-refractivity contribution in [2.75, 3.05) is 4.72 Å². The minimum atomic E-state index is -4.20. The number of nitrogens with two attached hydrogens (primary N) is 1. The van der Waals surface area contributed by atoms with Crippen molar-refractivity contribution in [3.8, 4) is 0 Å². The van der Waals surface area contributed by atoms with E-state index in [1.165, 1.54) is 6.07 Å². The first kappa shape index (κ1) is 15.3. The Hall–Kier alpha value is -2.14. The van der Waals surface area contributed by atoms with Crippen molar-refractivity contribution < 1.29 is 18.0 Å². The molecular weight excluding hydrogens is 369 g/mol. The van der Waals surface area contributed by atoms with E-state index in [0.29, 0.717) is 4.47 Å². The van der Waals surface area contributed by atoms with Crippen LogP contribution in [0.5, 0.6) is 0 Å². The molecule has 0 amide bonds. The molecule has 0 saturated carbocycles. The molecule has 2 rings (SSSR count). The van der Waals surface area contributed by atoms with Gasteiger partial charge in [0.15, 0.2) is 5.84 Å². The Labute approximate surface area is 127 Å². The Bertz CT molecular complexity index is 805. The molecule has 0 fully saturated rings. The number of halogens is 2. The quantitative estimate of drug-likeness (QED) is 0.275. The van der Waals surface area contributed by atoms with Gasteiger partial charge in [0.05, 0.1) is 11.8 Å². The highest BCUT2D eigenvalue weighted by molar-refractivity contribution is 9.10. The summed E-state index contributed by atoms with van der Waals surface area (Å²) in [6, 6.07) is 3.50. The lowest BCUT2D eigenvalue weighted by atomic mass is 10.3. The number of amidine groups is 1. The summed E-state index contributed by atoms with van der Waals surface area (Å²) in [7, 11) is -4.20. The van der Waals surface area contributed by atoms with Gasteiger partial charge in [0, 0.05) is 4.47 Å². The van der Waals surface area contributed by atoms with E-state index in [9.17, 15) is 12.8 Å². The Morgan fingerprint density at radius 2 is 2.24 bits per heavy atom. The molecule has 11 heteroatoms. The highest BCUT2D eigenvalue weighted by Crippen LogP contribution is 2.22. The van der Waals surface area contributed by atoms with Gasteiger partial charge < -0.3 is 10.9 Å². The molecule has 0 aliphatic heterocycles. The first-order valence-corrected chi connectivity index (χ1v) is 7.62. The number of aromatic amines is 1. The monoisotopic (exact) mass is 377 g/mol. The standard InChI is InChI=1S/C10H9BrFN5O3S/c11-5-1-2-8(7(12)3-5)21(19,20)17-10-6(4-14-15-10)9(13)16-18/h1-4,18H,(H2,13,16)(H2,14,15,17). The zero-order valence-corrected chi connectivity index (χ0v) is 12.6. The topological polar surface area (TPSA) is 133 Å². The summed E-state index contributed by atoms with van der Waals surface area (Å²) in [4.78, 5) is -0.550. The molecule has 0 bridgehead atoms. The summed E-state index contributed by atoms with van der Waals surface area (Å²) in [5, 5.41) is 17.3. The van der Waals surface area contributed by atoms with E-state index in [2.05, 4.69) is 36.0 Å². The number of benzene rings is 1. The van der Waals surface area contributed by atoms with Crippen molar-refractivity contribution in [3.63, 3.8) is 0 Å². The Morgan fingerprint density at radius 1 is 1.52 bits per heavy atom. The SMILES string of the molecule is N/C(=N/O)c1cn[nH]c1NS(=O)(=O)c1ccc(Br)cc1F. The zero-order chi connectivity index (χ0) is 15.6. The average Bonchev–Trinajstić information content (AvgIpc) is 2.84. The third-order valence-corrected chi connectivity index (χ3v) is 4.32. The van der Waals surface area contributed by atoms with E-state index in [-0.39, 0.29) is 17.2 Å². The lowest BCUT2D eigenvalue weighted by molar-refractivity contribution is 0.318. The minimum absolute atomic E-state index is 0.0265. The van der Waals surface area contributed by atoms with Gasteiger partial charge >= 0.3 is 0 Å². The van der Waals surface area contributed by atoms with Gasteiger partial charge in [-0.2, -0.15) is 5.10 Å². The highest BCUT2D eigenvalue weighted by atomic mass is 79.9. The molecule has 5 N–H and O–H groups in total. The fourth-order valence-electron chi connectivity index (χ4n) is 1.49. The van der Waals surface area contributed by atoms with Crippen LogP contribution in [-0.2, 0) is 10.0 Å². The van der Waals surface area contributed by atoms with Crippen LogP contribution in [0.1, 0.15) is 5.56 Å². The van der Waals surface area contributed by atoms with Gasteiger partial charge in [0.25, 0.3) is 10.0 Å². The maximum absolute atomic E-state index is 13.7. The number of rotatable bonds is 4. The summed E-state index contributed by atoms with van der Waals surface area (Å²) in [5.74, 6) is -1.42. The molecule has 0 aliphatic rings. The second-order valence-electron chi connectivity index (χ2n) is 3.82. The van der Waals surface area contributed by atoms with E-state index < -0.39 is 20.7 Å². The molecule has 0 aliphatic carbocycles. The molecule has 1 aromatic heterocycles. The smallest absolute Gasteiger partial charge is 0.265 e.